The van der Waals surface area contributed by atoms with E-state index in [0.717, 1.165) is 32.8 Å². The Balaban J connectivity index is 2.13. The van der Waals surface area contributed by atoms with E-state index in [4.69, 9.17) is 4.74 Å². The Morgan fingerprint density at radius 3 is 3.00 bits per heavy atom. The lowest BCUT2D eigenvalue weighted by molar-refractivity contribution is 0.0989. The van der Waals surface area contributed by atoms with Crippen molar-refractivity contribution in [3.63, 3.8) is 0 Å². The van der Waals surface area contributed by atoms with Gasteiger partial charge in [0.1, 0.15) is 0 Å². The highest BCUT2D eigenvalue weighted by Crippen LogP contribution is 2.29. The van der Waals surface area contributed by atoms with Crippen LogP contribution in [0.5, 0.6) is 0 Å². The van der Waals surface area contributed by atoms with Gasteiger partial charge in [0, 0.05) is 23.6 Å². The van der Waals surface area contributed by atoms with Crippen molar-refractivity contribution >= 4 is 21.6 Å². The molecule has 1 atom stereocenters. The van der Waals surface area contributed by atoms with Crippen LogP contribution in [0, 0.1) is 0 Å². The third kappa shape index (κ3) is 3.25. The molecule has 1 aromatic rings. The van der Waals surface area contributed by atoms with E-state index in [1.807, 2.05) is 0 Å². The van der Waals surface area contributed by atoms with Gasteiger partial charge in [-0.25, -0.2) is 0 Å². The smallest absolute Gasteiger partial charge is 0.0668 e. The molecule has 0 saturated carbocycles. The van der Waals surface area contributed by atoms with Gasteiger partial charge in [-0.1, -0.05) is 13.0 Å². The van der Waals surface area contributed by atoms with E-state index in [1.54, 1.807) is 0 Å². The molecule has 0 spiro atoms. The van der Waals surface area contributed by atoms with Crippen molar-refractivity contribution in [3.05, 3.63) is 28.2 Å². The van der Waals surface area contributed by atoms with Crippen LogP contribution in [-0.4, -0.2) is 32.3 Å². The average Bonchev–Trinajstić information content (AvgIpc) is 2.38. The quantitative estimate of drug-likeness (QED) is 0.925. The van der Waals surface area contributed by atoms with Crippen LogP contribution in [0.15, 0.2) is 22.7 Å². The van der Waals surface area contributed by atoms with Gasteiger partial charge in [-0.05, 0) is 47.1 Å². The van der Waals surface area contributed by atoms with Crippen LogP contribution >= 0.6 is 15.9 Å². The monoisotopic (exact) mass is 312 g/mol. The molecule has 1 aliphatic rings. The summed E-state index contributed by atoms with van der Waals surface area (Å²) < 4.78 is 6.66. The lowest BCUT2D eigenvalue weighted by atomic mass is 10.1. The molecular formula is C14H21BrN2O. The van der Waals surface area contributed by atoms with Gasteiger partial charge in [0.05, 0.1) is 18.9 Å². The predicted octanol–water partition coefficient (Wildman–Crippen LogP) is 2.78. The molecule has 1 N–H and O–H groups in total. The van der Waals surface area contributed by atoms with Crippen molar-refractivity contribution in [2.24, 2.45) is 0 Å². The first kappa shape index (κ1) is 13.8. The van der Waals surface area contributed by atoms with Gasteiger partial charge in [0.25, 0.3) is 0 Å². The van der Waals surface area contributed by atoms with Gasteiger partial charge in [-0.15, -0.1) is 0 Å². The summed E-state index contributed by atoms with van der Waals surface area (Å²) in [7, 11) is 0. The standard InChI is InChI=1S/C14H21BrN2O/c1-3-16-9-12-4-5-14(13(15)8-12)17-6-7-18-10-11(17)2/h4-5,8,11,16H,3,6-7,9-10H2,1-2H3. The summed E-state index contributed by atoms with van der Waals surface area (Å²) in [6, 6.07) is 7.05. The van der Waals surface area contributed by atoms with Gasteiger partial charge in [-0.3, -0.25) is 0 Å². The molecule has 1 aliphatic heterocycles. The summed E-state index contributed by atoms with van der Waals surface area (Å²) in [6.07, 6.45) is 0. The first-order valence-electron chi connectivity index (χ1n) is 6.56. The molecular weight excluding hydrogens is 292 g/mol. The van der Waals surface area contributed by atoms with Crippen LogP contribution in [0.4, 0.5) is 5.69 Å². The Labute approximate surface area is 118 Å². The van der Waals surface area contributed by atoms with Crippen LogP contribution in [0.1, 0.15) is 19.4 Å². The normalized spacial score (nSPS) is 20.2. The Morgan fingerprint density at radius 2 is 2.33 bits per heavy atom. The second kappa shape index (κ2) is 6.55. The van der Waals surface area contributed by atoms with Crippen LogP contribution in [-0.2, 0) is 11.3 Å². The zero-order valence-corrected chi connectivity index (χ0v) is 12.7. The number of hydrogen-bond acceptors (Lipinski definition) is 3. The number of nitrogens with one attached hydrogen (secondary N) is 1. The van der Waals surface area contributed by atoms with Crippen LogP contribution in [0.25, 0.3) is 0 Å². The Hall–Kier alpha value is -0.580. The molecule has 1 saturated heterocycles. The van der Waals surface area contributed by atoms with Gasteiger partial charge in [0.15, 0.2) is 0 Å². The van der Waals surface area contributed by atoms with E-state index < -0.39 is 0 Å². The summed E-state index contributed by atoms with van der Waals surface area (Å²) in [5, 5.41) is 3.35. The highest BCUT2D eigenvalue weighted by molar-refractivity contribution is 9.10. The summed E-state index contributed by atoms with van der Waals surface area (Å²) in [6.45, 7) is 8.85. The SMILES string of the molecule is CCNCc1ccc(N2CCOCC2C)c(Br)c1. The van der Waals surface area contributed by atoms with E-state index in [0.29, 0.717) is 6.04 Å². The first-order chi connectivity index (χ1) is 8.72. The number of anilines is 1. The number of nitrogens with zero attached hydrogens (tertiary/aromatic N) is 1. The maximum Gasteiger partial charge on any atom is 0.0668 e. The zero-order chi connectivity index (χ0) is 13.0. The van der Waals surface area contributed by atoms with Crippen molar-refractivity contribution in [1.29, 1.82) is 0 Å². The molecule has 4 heteroatoms. The van der Waals surface area contributed by atoms with E-state index in [1.165, 1.54) is 15.7 Å². The fourth-order valence-electron chi connectivity index (χ4n) is 2.25. The molecule has 0 aromatic heterocycles. The minimum atomic E-state index is 0.440. The van der Waals surface area contributed by atoms with Crippen molar-refractivity contribution in [3.8, 4) is 0 Å². The maximum atomic E-state index is 5.48. The topological polar surface area (TPSA) is 24.5 Å². The fourth-order valence-corrected chi connectivity index (χ4v) is 2.90. The Kier molecular flexibility index (Phi) is 5.03. The van der Waals surface area contributed by atoms with E-state index in [2.05, 4.69) is 58.2 Å². The molecule has 0 aliphatic carbocycles. The molecule has 1 heterocycles. The molecule has 0 bridgehead atoms. The molecule has 100 valence electrons. The summed E-state index contributed by atoms with van der Waals surface area (Å²) in [5.74, 6) is 0. The number of hydrogen-bond donors (Lipinski definition) is 1. The Morgan fingerprint density at radius 1 is 1.50 bits per heavy atom. The van der Waals surface area contributed by atoms with Crippen LogP contribution in [0.2, 0.25) is 0 Å². The van der Waals surface area contributed by atoms with E-state index >= 15 is 0 Å². The molecule has 2 rings (SSSR count). The molecule has 3 nitrogen and oxygen atoms in total. The third-order valence-electron chi connectivity index (χ3n) is 3.27. The predicted molar refractivity (Wildman–Crippen MR) is 79.1 cm³/mol. The molecule has 0 radical (unpaired) electrons. The minimum Gasteiger partial charge on any atom is -0.377 e. The number of rotatable bonds is 4. The van der Waals surface area contributed by atoms with Gasteiger partial charge in [-0.2, -0.15) is 0 Å². The first-order valence-corrected chi connectivity index (χ1v) is 7.35. The largest absolute Gasteiger partial charge is 0.377 e. The summed E-state index contributed by atoms with van der Waals surface area (Å²) in [4.78, 5) is 2.41. The average molecular weight is 313 g/mol. The molecule has 1 aromatic carbocycles. The maximum absolute atomic E-state index is 5.48. The molecule has 1 unspecified atom stereocenters. The number of benzene rings is 1. The summed E-state index contributed by atoms with van der Waals surface area (Å²) in [5.41, 5.74) is 2.58. The molecule has 18 heavy (non-hydrogen) atoms. The summed E-state index contributed by atoms with van der Waals surface area (Å²) >= 11 is 3.69. The number of ether oxygens (including phenoxy) is 1. The van der Waals surface area contributed by atoms with Crippen molar-refractivity contribution in [2.45, 2.75) is 26.4 Å². The molecule has 0 amide bonds. The van der Waals surface area contributed by atoms with Crippen LogP contribution < -0.4 is 10.2 Å². The minimum absolute atomic E-state index is 0.440. The van der Waals surface area contributed by atoms with Gasteiger partial charge < -0.3 is 15.0 Å². The lowest BCUT2D eigenvalue weighted by Crippen LogP contribution is -2.43. The Bertz CT molecular complexity index is 397. The van der Waals surface area contributed by atoms with Crippen molar-refractivity contribution in [2.75, 3.05) is 31.2 Å². The van der Waals surface area contributed by atoms with E-state index in [-0.39, 0.29) is 0 Å². The van der Waals surface area contributed by atoms with Gasteiger partial charge >= 0.3 is 0 Å². The molecule has 1 fully saturated rings. The highest BCUT2D eigenvalue weighted by Gasteiger charge is 2.20. The second-order valence-corrected chi connectivity index (χ2v) is 5.54. The van der Waals surface area contributed by atoms with Crippen molar-refractivity contribution in [1.82, 2.24) is 5.32 Å². The highest BCUT2D eigenvalue weighted by atomic mass is 79.9. The fraction of sp³-hybridized carbons (Fsp3) is 0.571. The number of halogens is 1. The van der Waals surface area contributed by atoms with E-state index in [9.17, 15) is 0 Å². The van der Waals surface area contributed by atoms with Crippen molar-refractivity contribution < 1.29 is 4.74 Å². The van der Waals surface area contributed by atoms with Crippen LogP contribution in [0.3, 0.4) is 0 Å². The number of morpholine rings is 1. The lowest BCUT2D eigenvalue weighted by Gasteiger charge is -2.36. The second-order valence-electron chi connectivity index (χ2n) is 4.68. The zero-order valence-electron chi connectivity index (χ0n) is 11.1. The van der Waals surface area contributed by atoms with Gasteiger partial charge in [0.2, 0.25) is 0 Å². The third-order valence-corrected chi connectivity index (χ3v) is 3.90.